The average molecular weight is 271 g/mol. The lowest BCUT2D eigenvalue weighted by molar-refractivity contribution is 0.204. The second kappa shape index (κ2) is 4.66. The third-order valence-corrected chi connectivity index (χ3v) is 6.10. The molecule has 6 heteroatoms. The molecule has 2 unspecified atom stereocenters. The Balaban J connectivity index is 2.48. The molecule has 2 rings (SSSR count). The van der Waals surface area contributed by atoms with Crippen LogP contribution in [0.1, 0.15) is 44.5 Å². The largest absolute Gasteiger partial charge is 0.281 e. The first-order valence-corrected chi connectivity index (χ1v) is 7.84. The molecule has 0 aromatic carbocycles. The van der Waals surface area contributed by atoms with Gasteiger partial charge < -0.3 is 0 Å². The van der Waals surface area contributed by atoms with E-state index in [0.29, 0.717) is 16.3 Å². The molecule has 18 heavy (non-hydrogen) atoms. The number of sulfonamides is 1. The summed E-state index contributed by atoms with van der Waals surface area (Å²) in [6.07, 6.45) is 2.96. The number of piperidine rings is 1. The Morgan fingerprint density at radius 3 is 2.22 bits per heavy atom. The Bertz CT molecular complexity index is 506. The summed E-state index contributed by atoms with van der Waals surface area (Å²) in [5.74, 6) is 0. The molecule has 0 spiro atoms. The predicted octanol–water partition coefficient (Wildman–Crippen LogP) is 1.98. The number of hydrogen-bond donors (Lipinski definition) is 1. The average Bonchev–Trinajstić information content (AvgIpc) is 2.58. The molecule has 0 radical (unpaired) electrons. The summed E-state index contributed by atoms with van der Waals surface area (Å²) in [5.41, 5.74) is 1.18. The van der Waals surface area contributed by atoms with E-state index < -0.39 is 10.0 Å². The van der Waals surface area contributed by atoms with Crippen LogP contribution in [-0.4, -0.2) is 35.0 Å². The molecule has 0 aliphatic carbocycles. The second-order valence-electron chi connectivity index (χ2n) is 5.23. The minimum absolute atomic E-state index is 0.0625. The number of rotatable bonds is 2. The van der Waals surface area contributed by atoms with Gasteiger partial charge in [0.05, 0.1) is 11.4 Å². The molecule has 1 aliphatic heterocycles. The molecule has 5 nitrogen and oxygen atoms in total. The molecule has 0 bridgehead atoms. The lowest BCUT2D eigenvalue weighted by Crippen LogP contribution is -2.47. The van der Waals surface area contributed by atoms with Crippen molar-refractivity contribution in [2.45, 2.75) is 63.9 Å². The van der Waals surface area contributed by atoms with E-state index >= 15 is 0 Å². The van der Waals surface area contributed by atoms with Crippen LogP contribution in [0.3, 0.4) is 0 Å². The molecule has 2 atom stereocenters. The number of H-pyrrole nitrogens is 1. The Morgan fingerprint density at radius 2 is 1.78 bits per heavy atom. The van der Waals surface area contributed by atoms with Gasteiger partial charge in [-0.05, 0) is 40.5 Å². The molecular formula is C12H21N3O2S. The van der Waals surface area contributed by atoms with Crippen molar-refractivity contribution < 1.29 is 8.42 Å². The SMILES string of the molecule is Cc1n[nH]c(C)c1S(=O)(=O)N1C(C)CCCC1C. The van der Waals surface area contributed by atoms with Crippen LogP contribution in [0.25, 0.3) is 0 Å². The standard InChI is InChI=1S/C12H21N3O2S/c1-8-6-5-7-9(2)15(8)18(16,17)12-10(3)13-14-11(12)4/h8-9H,5-7H2,1-4H3,(H,13,14). The fraction of sp³-hybridized carbons (Fsp3) is 0.750. The Morgan fingerprint density at radius 1 is 1.22 bits per heavy atom. The number of aromatic amines is 1. The molecule has 1 N–H and O–H groups in total. The zero-order valence-electron chi connectivity index (χ0n) is 11.4. The lowest BCUT2D eigenvalue weighted by Gasteiger charge is -2.37. The maximum Gasteiger partial charge on any atom is 0.247 e. The maximum atomic E-state index is 12.8. The molecule has 1 aliphatic rings. The van der Waals surface area contributed by atoms with E-state index in [2.05, 4.69) is 10.2 Å². The normalized spacial score (nSPS) is 26.4. The van der Waals surface area contributed by atoms with E-state index in [4.69, 9.17) is 0 Å². The van der Waals surface area contributed by atoms with Gasteiger partial charge in [0, 0.05) is 12.1 Å². The molecule has 2 heterocycles. The first kappa shape index (κ1) is 13.5. The van der Waals surface area contributed by atoms with Gasteiger partial charge in [-0.3, -0.25) is 5.10 Å². The Labute approximate surface area is 109 Å². The zero-order valence-corrected chi connectivity index (χ0v) is 12.2. The highest BCUT2D eigenvalue weighted by Gasteiger charge is 2.38. The number of hydrogen-bond acceptors (Lipinski definition) is 3. The van der Waals surface area contributed by atoms with Crippen LogP contribution in [0, 0.1) is 13.8 Å². The summed E-state index contributed by atoms with van der Waals surface area (Å²) < 4.78 is 27.2. The highest BCUT2D eigenvalue weighted by molar-refractivity contribution is 7.89. The predicted molar refractivity (Wildman–Crippen MR) is 69.9 cm³/mol. The van der Waals surface area contributed by atoms with Crippen molar-refractivity contribution in [1.82, 2.24) is 14.5 Å². The van der Waals surface area contributed by atoms with E-state index in [-0.39, 0.29) is 12.1 Å². The van der Waals surface area contributed by atoms with Crippen molar-refractivity contribution in [2.24, 2.45) is 0 Å². The van der Waals surface area contributed by atoms with Crippen molar-refractivity contribution in [2.75, 3.05) is 0 Å². The maximum absolute atomic E-state index is 12.8. The smallest absolute Gasteiger partial charge is 0.247 e. The van der Waals surface area contributed by atoms with Gasteiger partial charge in [-0.2, -0.15) is 9.40 Å². The summed E-state index contributed by atoms with van der Waals surface area (Å²) in [6, 6.07) is 0.125. The molecule has 1 fully saturated rings. The van der Waals surface area contributed by atoms with Gasteiger partial charge in [0.2, 0.25) is 10.0 Å². The summed E-state index contributed by atoms with van der Waals surface area (Å²) in [7, 11) is -3.44. The zero-order chi connectivity index (χ0) is 13.5. The van der Waals surface area contributed by atoms with Crippen molar-refractivity contribution >= 4 is 10.0 Å². The first-order chi connectivity index (χ1) is 8.35. The highest BCUT2D eigenvalue weighted by atomic mass is 32.2. The molecule has 102 valence electrons. The quantitative estimate of drug-likeness (QED) is 0.894. The molecule has 1 aromatic rings. The monoisotopic (exact) mass is 271 g/mol. The van der Waals surface area contributed by atoms with Gasteiger partial charge in [-0.1, -0.05) is 6.42 Å². The molecular weight excluding hydrogens is 250 g/mol. The van der Waals surface area contributed by atoms with Crippen LogP contribution in [0.4, 0.5) is 0 Å². The van der Waals surface area contributed by atoms with Gasteiger partial charge in [0.15, 0.2) is 0 Å². The van der Waals surface area contributed by atoms with E-state index in [1.54, 1.807) is 18.2 Å². The van der Waals surface area contributed by atoms with Crippen LogP contribution in [0.2, 0.25) is 0 Å². The third kappa shape index (κ3) is 2.07. The number of nitrogens with zero attached hydrogens (tertiary/aromatic N) is 2. The molecule has 1 saturated heterocycles. The van der Waals surface area contributed by atoms with E-state index in [9.17, 15) is 8.42 Å². The highest BCUT2D eigenvalue weighted by Crippen LogP contribution is 2.31. The van der Waals surface area contributed by atoms with Crippen LogP contribution >= 0.6 is 0 Å². The van der Waals surface area contributed by atoms with Crippen molar-refractivity contribution in [1.29, 1.82) is 0 Å². The van der Waals surface area contributed by atoms with Crippen molar-refractivity contribution in [3.05, 3.63) is 11.4 Å². The van der Waals surface area contributed by atoms with Gasteiger partial charge >= 0.3 is 0 Å². The van der Waals surface area contributed by atoms with Crippen LogP contribution in [0.5, 0.6) is 0 Å². The summed E-state index contributed by atoms with van der Waals surface area (Å²) in [5, 5.41) is 6.75. The van der Waals surface area contributed by atoms with E-state index in [0.717, 1.165) is 19.3 Å². The summed E-state index contributed by atoms with van der Waals surface area (Å²) in [6.45, 7) is 7.46. The fourth-order valence-corrected chi connectivity index (χ4v) is 5.12. The Kier molecular flexibility index (Phi) is 3.51. The van der Waals surface area contributed by atoms with Gasteiger partial charge in [0.1, 0.15) is 4.90 Å². The number of nitrogens with one attached hydrogen (secondary N) is 1. The topological polar surface area (TPSA) is 66.1 Å². The van der Waals surface area contributed by atoms with Gasteiger partial charge in [0.25, 0.3) is 0 Å². The van der Waals surface area contributed by atoms with Gasteiger partial charge in [-0.15, -0.1) is 0 Å². The molecule has 0 saturated carbocycles. The number of aryl methyl sites for hydroxylation is 2. The van der Waals surface area contributed by atoms with Crippen molar-refractivity contribution in [3.63, 3.8) is 0 Å². The lowest BCUT2D eigenvalue weighted by atomic mass is 10.0. The van der Waals surface area contributed by atoms with E-state index in [1.807, 2.05) is 13.8 Å². The summed E-state index contributed by atoms with van der Waals surface area (Å²) in [4.78, 5) is 0.350. The molecule has 1 aromatic heterocycles. The van der Waals surface area contributed by atoms with Crippen LogP contribution in [-0.2, 0) is 10.0 Å². The van der Waals surface area contributed by atoms with Gasteiger partial charge in [-0.25, -0.2) is 8.42 Å². The van der Waals surface area contributed by atoms with Crippen molar-refractivity contribution in [3.8, 4) is 0 Å². The van der Waals surface area contributed by atoms with Crippen LogP contribution in [0.15, 0.2) is 4.90 Å². The minimum Gasteiger partial charge on any atom is -0.281 e. The Hall–Kier alpha value is -0.880. The minimum atomic E-state index is -3.44. The number of aromatic nitrogens is 2. The molecule has 0 amide bonds. The summed E-state index contributed by atoms with van der Waals surface area (Å²) >= 11 is 0. The second-order valence-corrected chi connectivity index (χ2v) is 7.01. The van der Waals surface area contributed by atoms with Crippen LogP contribution < -0.4 is 0 Å². The fourth-order valence-electron chi connectivity index (χ4n) is 2.90. The third-order valence-electron chi connectivity index (χ3n) is 3.71. The first-order valence-electron chi connectivity index (χ1n) is 6.40. The van der Waals surface area contributed by atoms with E-state index in [1.165, 1.54) is 0 Å².